The van der Waals surface area contributed by atoms with E-state index in [2.05, 4.69) is 5.32 Å². The Bertz CT molecular complexity index is 418. The molecule has 1 aromatic rings. The zero-order valence-corrected chi connectivity index (χ0v) is 10.5. The number of nitriles is 1. The van der Waals surface area contributed by atoms with Gasteiger partial charge in [0.05, 0.1) is 18.2 Å². The number of benzene rings is 1. The summed E-state index contributed by atoms with van der Waals surface area (Å²) < 4.78 is 32.2. The van der Waals surface area contributed by atoms with Gasteiger partial charge in [0.25, 0.3) is 0 Å². The summed E-state index contributed by atoms with van der Waals surface area (Å²) >= 11 is 0. The molecule has 0 aliphatic carbocycles. The van der Waals surface area contributed by atoms with Gasteiger partial charge in [-0.15, -0.1) is 0 Å². The zero-order valence-electron chi connectivity index (χ0n) is 10.5. The molecule has 0 bridgehead atoms. The minimum atomic E-state index is -0.768. The molecule has 0 amide bonds. The average Bonchev–Trinajstić information content (AvgIpc) is 2.31. The summed E-state index contributed by atoms with van der Waals surface area (Å²) in [5, 5.41) is 11.2. The normalized spacial score (nSPS) is 10.4. The van der Waals surface area contributed by atoms with Gasteiger partial charge in [-0.2, -0.15) is 5.26 Å². The summed E-state index contributed by atoms with van der Waals surface area (Å²) in [6.07, 6.45) is 0. The first kappa shape index (κ1) is 14.4. The highest BCUT2D eigenvalue weighted by Gasteiger charge is 2.10. The van der Waals surface area contributed by atoms with Gasteiger partial charge in [-0.3, -0.25) is 0 Å². The van der Waals surface area contributed by atoms with Crippen LogP contribution in [0.15, 0.2) is 12.1 Å². The number of nitrogens with one attached hydrogen (secondary N) is 1. The van der Waals surface area contributed by atoms with E-state index in [-0.39, 0.29) is 11.3 Å². The number of rotatable bonds is 6. The number of halogens is 2. The Hall–Kier alpha value is -1.67. The van der Waals surface area contributed by atoms with Gasteiger partial charge in [0.2, 0.25) is 0 Å². The molecule has 0 unspecified atom stereocenters. The molecule has 1 N–H and O–H groups in total. The van der Waals surface area contributed by atoms with Gasteiger partial charge in [-0.05, 0) is 18.1 Å². The van der Waals surface area contributed by atoms with Crippen molar-refractivity contribution in [3.05, 3.63) is 29.3 Å². The maximum atomic E-state index is 13.4. The molecule has 18 heavy (non-hydrogen) atoms. The van der Waals surface area contributed by atoms with Gasteiger partial charge in [-0.1, -0.05) is 13.8 Å². The van der Waals surface area contributed by atoms with Crippen LogP contribution in [0.4, 0.5) is 14.5 Å². The van der Waals surface area contributed by atoms with Gasteiger partial charge in [-0.25, -0.2) is 8.78 Å². The largest absolute Gasteiger partial charge is 0.379 e. The summed E-state index contributed by atoms with van der Waals surface area (Å²) in [4.78, 5) is 0. The molecule has 0 aliphatic rings. The summed E-state index contributed by atoms with van der Waals surface area (Å²) in [5.74, 6) is -1.11. The molecule has 0 fully saturated rings. The fraction of sp³-hybridized carbons (Fsp3) is 0.462. The van der Waals surface area contributed by atoms with Crippen molar-refractivity contribution in [3.8, 4) is 6.07 Å². The van der Waals surface area contributed by atoms with Crippen molar-refractivity contribution in [1.29, 1.82) is 5.26 Å². The number of hydrogen-bond acceptors (Lipinski definition) is 3. The lowest BCUT2D eigenvalue weighted by molar-refractivity contribution is 0.118. The molecule has 1 rings (SSSR count). The highest BCUT2D eigenvalue weighted by Crippen LogP contribution is 2.20. The molecule has 0 saturated carbocycles. The Balaban J connectivity index is 2.50. The standard InChI is InChI=1S/C13H16F2N2O/c1-9(2)8-18-4-3-17-13-11(14)5-10(7-16)6-12(13)15/h5-6,9,17H,3-4,8H2,1-2H3. The monoisotopic (exact) mass is 254 g/mol. The van der Waals surface area contributed by atoms with Gasteiger partial charge in [0.1, 0.15) is 5.69 Å². The lowest BCUT2D eigenvalue weighted by Crippen LogP contribution is -2.13. The average molecular weight is 254 g/mol. The third-order valence-electron chi connectivity index (χ3n) is 2.17. The van der Waals surface area contributed by atoms with Gasteiger partial charge >= 0.3 is 0 Å². The maximum Gasteiger partial charge on any atom is 0.150 e. The molecule has 0 atom stereocenters. The van der Waals surface area contributed by atoms with Crippen LogP contribution in [0.3, 0.4) is 0 Å². The number of nitrogens with zero attached hydrogens (tertiary/aromatic N) is 1. The van der Waals surface area contributed by atoms with E-state index in [1.165, 1.54) is 0 Å². The van der Waals surface area contributed by atoms with Crippen LogP contribution in [0.1, 0.15) is 19.4 Å². The highest BCUT2D eigenvalue weighted by molar-refractivity contribution is 5.50. The van der Waals surface area contributed by atoms with E-state index in [9.17, 15) is 8.78 Å². The van der Waals surface area contributed by atoms with Crippen LogP contribution in [-0.4, -0.2) is 19.8 Å². The molecule has 0 saturated heterocycles. The predicted molar refractivity (Wildman–Crippen MR) is 65.2 cm³/mol. The van der Waals surface area contributed by atoms with Crippen molar-refractivity contribution in [2.45, 2.75) is 13.8 Å². The second-order valence-corrected chi connectivity index (χ2v) is 4.32. The molecule has 3 nitrogen and oxygen atoms in total. The Kier molecular flexibility index (Phi) is 5.53. The SMILES string of the molecule is CC(C)COCCNc1c(F)cc(C#N)cc1F. The molecule has 98 valence electrons. The van der Waals surface area contributed by atoms with Crippen LogP contribution in [0.25, 0.3) is 0 Å². The number of anilines is 1. The van der Waals surface area contributed by atoms with Crippen molar-refractivity contribution >= 4 is 5.69 Å². The third-order valence-corrected chi connectivity index (χ3v) is 2.17. The number of hydrogen-bond donors (Lipinski definition) is 1. The molecule has 1 aromatic carbocycles. The first-order valence-corrected chi connectivity index (χ1v) is 5.75. The fourth-order valence-corrected chi connectivity index (χ4v) is 1.37. The van der Waals surface area contributed by atoms with Crippen LogP contribution < -0.4 is 5.32 Å². The molecular formula is C13H16F2N2O. The Labute approximate surface area is 105 Å². The van der Waals surface area contributed by atoms with Crippen LogP contribution in [-0.2, 0) is 4.74 Å². The van der Waals surface area contributed by atoms with Gasteiger partial charge in [0.15, 0.2) is 11.6 Å². The second kappa shape index (κ2) is 6.92. The van der Waals surface area contributed by atoms with E-state index in [0.29, 0.717) is 25.7 Å². The highest BCUT2D eigenvalue weighted by atomic mass is 19.1. The first-order valence-electron chi connectivity index (χ1n) is 5.75. The summed E-state index contributed by atoms with van der Waals surface area (Å²) in [5.41, 5.74) is -0.256. The summed E-state index contributed by atoms with van der Waals surface area (Å²) in [6.45, 7) is 5.34. The van der Waals surface area contributed by atoms with Crippen molar-refractivity contribution in [2.24, 2.45) is 5.92 Å². The van der Waals surface area contributed by atoms with Crippen molar-refractivity contribution in [2.75, 3.05) is 25.1 Å². The molecule has 0 radical (unpaired) electrons. The van der Waals surface area contributed by atoms with Crippen LogP contribution >= 0.6 is 0 Å². The van der Waals surface area contributed by atoms with E-state index in [0.717, 1.165) is 12.1 Å². The van der Waals surface area contributed by atoms with E-state index in [1.54, 1.807) is 6.07 Å². The lowest BCUT2D eigenvalue weighted by Gasteiger charge is -2.10. The summed E-state index contributed by atoms with van der Waals surface area (Å²) in [6, 6.07) is 3.69. The van der Waals surface area contributed by atoms with E-state index >= 15 is 0 Å². The van der Waals surface area contributed by atoms with Crippen LogP contribution in [0.5, 0.6) is 0 Å². The van der Waals surface area contributed by atoms with Crippen molar-refractivity contribution in [3.63, 3.8) is 0 Å². The minimum absolute atomic E-state index is 0.0355. The molecule has 0 aromatic heterocycles. The lowest BCUT2D eigenvalue weighted by atomic mass is 10.2. The second-order valence-electron chi connectivity index (χ2n) is 4.32. The molecular weight excluding hydrogens is 238 g/mol. The molecule has 0 spiro atoms. The van der Waals surface area contributed by atoms with E-state index < -0.39 is 11.6 Å². The quantitative estimate of drug-likeness (QED) is 0.794. The first-order chi connectivity index (χ1) is 8.54. The maximum absolute atomic E-state index is 13.4. The molecule has 0 aliphatic heterocycles. The van der Waals surface area contributed by atoms with Gasteiger partial charge in [0, 0.05) is 13.2 Å². The zero-order chi connectivity index (χ0) is 13.5. The Morgan fingerprint density at radius 1 is 1.33 bits per heavy atom. The molecule has 5 heteroatoms. The smallest absolute Gasteiger partial charge is 0.150 e. The fourth-order valence-electron chi connectivity index (χ4n) is 1.37. The van der Waals surface area contributed by atoms with Gasteiger partial charge < -0.3 is 10.1 Å². The van der Waals surface area contributed by atoms with E-state index in [1.807, 2.05) is 13.8 Å². The molecule has 0 heterocycles. The van der Waals surface area contributed by atoms with Crippen LogP contribution in [0.2, 0.25) is 0 Å². The Morgan fingerprint density at radius 2 is 1.94 bits per heavy atom. The predicted octanol–water partition coefficient (Wildman–Crippen LogP) is 2.92. The Morgan fingerprint density at radius 3 is 2.44 bits per heavy atom. The number of ether oxygens (including phenoxy) is 1. The summed E-state index contributed by atoms with van der Waals surface area (Å²) in [7, 11) is 0. The van der Waals surface area contributed by atoms with E-state index in [4.69, 9.17) is 10.00 Å². The van der Waals surface area contributed by atoms with Crippen molar-refractivity contribution < 1.29 is 13.5 Å². The van der Waals surface area contributed by atoms with Crippen molar-refractivity contribution in [1.82, 2.24) is 0 Å². The minimum Gasteiger partial charge on any atom is -0.379 e. The van der Waals surface area contributed by atoms with Crippen LogP contribution in [0, 0.1) is 28.9 Å². The third kappa shape index (κ3) is 4.30. The topological polar surface area (TPSA) is 45.0 Å².